The summed E-state index contributed by atoms with van der Waals surface area (Å²) in [5, 5.41) is 0. The molecule has 0 unspecified atom stereocenters. The zero-order valence-corrected chi connectivity index (χ0v) is 10.8. The molecule has 0 aliphatic carbocycles. The molecule has 2 nitrogen and oxygen atoms in total. The molecule has 0 N–H and O–H groups in total. The van der Waals surface area contributed by atoms with E-state index in [2.05, 4.69) is 12.1 Å². The summed E-state index contributed by atoms with van der Waals surface area (Å²) < 4.78 is 5.27. The molecule has 0 aromatic heterocycles. The normalized spacial score (nSPS) is 10.5. The first-order valence-electron chi connectivity index (χ1n) is 6.48. The van der Waals surface area contributed by atoms with Crippen LogP contribution in [0.3, 0.4) is 0 Å². The largest absolute Gasteiger partial charge is 0.465 e. The van der Waals surface area contributed by atoms with Crippen LogP contribution in [-0.4, -0.2) is 12.6 Å². The van der Waals surface area contributed by atoms with Gasteiger partial charge in [0, 0.05) is 0 Å². The monoisotopic (exact) mass is 234 g/mol. The van der Waals surface area contributed by atoms with Crippen LogP contribution in [-0.2, 0) is 16.0 Å². The maximum absolute atomic E-state index is 11.6. The Morgan fingerprint density at radius 3 is 2.41 bits per heavy atom. The molecule has 0 heterocycles. The van der Waals surface area contributed by atoms with Crippen LogP contribution in [0.4, 0.5) is 0 Å². The van der Waals surface area contributed by atoms with Gasteiger partial charge in [-0.15, -0.1) is 0 Å². The molecule has 0 aliphatic heterocycles. The highest BCUT2D eigenvalue weighted by Crippen LogP contribution is 2.10. The topological polar surface area (TPSA) is 26.3 Å². The number of carbonyl (C=O) groups excluding carboxylic acids is 1. The maximum Gasteiger partial charge on any atom is 0.308 e. The van der Waals surface area contributed by atoms with Gasteiger partial charge in [-0.1, -0.05) is 44.2 Å². The summed E-state index contributed by atoms with van der Waals surface area (Å²) >= 11 is 0. The molecule has 0 radical (unpaired) electrons. The van der Waals surface area contributed by atoms with Crippen molar-refractivity contribution in [2.75, 3.05) is 6.61 Å². The Hall–Kier alpha value is -1.31. The van der Waals surface area contributed by atoms with Gasteiger partial charge in [0.25, 0.3) is 0 Å². The lowest BCUT2D eigenvalue weighted by Gasteiger charge is -2.11. The third kappa shape index (κ3) is 5.03. The minimum Gasteiger partial charge on any atom is -0.465 e. The van der Waals surface area contributed by atoms with E-state index in [1.165, 1.54) is 5.56 Å². The Balaban J connectivity index is 2.18. The molecule has 1 aromatic carbocycles. The second kappa shape index (κ2) is 7.88. The molecule has 0 aliphatic rings. The average molecular weight is 234 g/mol. The molecule has 0 saturated carbocycles. The maximum atomic E-state index is 11.6. The number of esters is 1. The van der Waals surface area contributed by atoms with Crippen LogP contribution in [0, 0.1) is 5.92 Å². The molecular formula is C15H22O2. The number of hydrogen-bond donors (Lipinski definition) is 0. The summed E-state index contributed by atoms with van der Waals surface area (Å²) in [6.45, 7) is 4.59. The van der Waals surface area contributed by atoms with E-state index in [0.29, 0.717) is 6.61 Å². The van der Waals surface area contributed by atoms with E-state index in [9.17, 15) is 4.79 Å². The van der Waals surface area contributed by atoms with E-state index >= 15 is 0 Å². The van der Waals surface area contributed by atoms with Crippen molar-refractivity contribution in [1.82, 2.24) is 0 Å². The number of hydrogen-bond acceptors (Lipinski definition) is 2. The van der Waals surface area contributed by atoms with Gasteiger partial charge in [-0.25, -0.2) is 0 Å². The lowest BCUT2D eigenvalue weighted by molar-refractivity contribution is -0.148. The third-order valence-electron chi connectivity index (χ3n) is 3.02. The fourth-order valence-electron chi connectivity index (χ4n) is 1.83. The first-order valence-corrected chi connectivity index (χ1v) is 6.48. The van der Waals surface area contributed by atoms with Crippen molar-refractivity contribution in [3.63, 3.8) is 0 Å². The fourth-order valence-corrected chi connectivity index (χ4v) is 1.83. The van der Waals surface area contributed by atoms with Crippen molar-refractivity contribution in [1.29, 1.82) is 0 Å². The first-order chi connectivity index (χ1) is 8.27. The Kier molecular flexibility index (Phi) is 6.38. The highest BCUT2D eigenvalue weighted by Gasteiger charge is 2.14. The molecule has 17 heavy (non-hydrogen) atoms. The minimum atomic E-state index is -0.0388. The molecular weight excluding hydrogens is 212 g/mol. The Labute approximate surface area is 104 Å². The molecule has 0 atom stereocenters. The molecule has 1 aromatic rings. The molecule has 94 valence electrons. The second-order valence-corrected chi connectivity index (χ2v) is 4.27. The number of ether oxygens (including phenoxy) is 1. The predicted molar refractivity (Wildman–Crippen MR) is 69.8 cm³/mol. The summed E-state index contributed by atoms with van der Waals surface area (Å²) in [6, 6.07) is 10.3. The molecule has 0 amide bonds. The van der Waals surface area contributed by atoms with Crippen LogP contribution in [0.15, 0.2) is 30.3 Å². The van der Waals surface area contributed by atoms with Gasteiger partial charge in [-0.05, 0) is 31.2 Å². The average Bonchev–Trinajstić information content (AvgIpc) is 2.37. The van der Waals surface area contributed by atoms with Crippen molar-refractivity contribution in [3.8, 4) is 0 Å². The van der Waals surface area contributed by atoms with Crippen LogP contribution in [0.25, 0.3) is 0 Å². The lowest BCUT2D eigenvalue weighted by Crippen LogP contribution is -2.17. The summed E-state index contributed by atoms with van der Waals surface area (Å²) in [5.74, 6) is 0.0368. The van der Waals surface area contributed by atoms with Gasteiger partial charge in [0.05, 0.1) is 12.5 Å². The standard InChI is InChI=1S/C15H22O2/c1-3-14(4-2)15(16)17-12-8-11-13-9-6-5-7-10-13/h5-7,9-10,14H,3-4,8,11-12H2,1-2H3. The van der Waals surface area contributed by atoms with E-state index < -0.39 is 0 Å². The SMILES string of the molecule is CCC(CC)C(=O)OCCCc1ccccc1. The molecule has 0 bridgehead atoms. The van der Waals surface area contributed by atoms with E-state index in [0.717, 1.165) is 25.7 Å². The smallest absolute Gasteiger partial charge is 0.308 e. The van der Waals surface area contributed by atoms with Crippen LogP contribution in [0.1, 0.15) is 38.7 Å². The lowest BCUT2D eigenvalue weighted by atomic mass is 10.0. The Bertz CT molecular complexity index is 315. The summed E-state index contributed by atoms with van der Waals surface area (Å²) in [4.78, 5) is 11.6. The van der Waals surface area contributed by atoms with Crippen molar-refractivity contribution in [2.24, 2.45) is 5.92 Å². The van der Waals surface area contributed by atoms with Crippen molar-refractivity contribution < 1.29 is 9.53 Å². The van der Waals surface area contributed by atoms with Gasteiger partial charge in [0.15, 0.2) is 0 Å². The predicted octanol–water partition coefficient (Wildman–Crippen LogP) is 3.60. The van der Waals surface area contributed by atoms with E-state index in [4.69, 9.17) is 4.74 Å². The molecule has 2 heteroatoms. The van der Waals surface area contributed by atoms with E-state index in [-0.39, 0.29) is 11.9 Å². The number of benzene rings is 1. The van der Waals surface area contributed by atoms with E-state index in [1.54, 1.807) is 0 Å². The zero-order chi connectivity index (χ0) is 12.5. The molecule has 0 fully saturated rings. The molecule has 0 spiro atoms. The number of aryl methyl sites for hydroxylation is 1. The van der Waals surface area contributed by atoms with Crippen molar-refractivity contribution in [2.45, 2.75) is 39.5 Å². The first kappa shape index (κ1) is 13.8. The van der Waals surface area contributed by atoms with Gasteiger partial charge in [-0.2, -0.15) is 0 Å². The highest BCUT2D eigenvalue weighted by molar-refractivity contribution is 5.72. The second-order valence-electron chi connectivity index (χ2n) is 4.27. The van der Waals surface area contributed by atoms with Gasteiger partial charge >= 0.3 is 5.97 Å². The van der Waals surface area contributed by atoms with Crippen molar-refractivity contribution in [3.05, 3.63) is 35.9 Å². The number of carbonyl (C=O) groups is 1. The third-order valence-corrected chi connectivity index (χ3v) is 3.02. The van der Waals surface area contributed by atoms with Crippen LogP contribution < -0.4 is 0 Å². The minimum absolute atomic E-state index is 0.0388. The van der Waals surface area contributed by atoms with Gasteiger partial charge in [0.1, 0.15) is 0 Å². The fraction of sp³-hybridized carbons (Fsp3) is 0.533. The van der Waals surface area contributed by atoms with Crippen molar-refractivity contribution >= 4 is 5.97 Å². The van der Waals surface area contributed by atoms with Crippen LogP contribution in [0.5, 0.6) is 0 Å². The van der Waals surface area contributed by atoms with Gasteiger partial charge in [0.2, 0.25) is 0 Å². The number of rotatable bonds is 7. The Morgan fingerprint density at radius 1 is 1.18 bits per heavy atom. The van der Waals surface area contributed by atoms with Gasteiger partial charge < -0.3 is 4.74 Å². The van der Waals surface area contributed by atoms with E-state index in [1.807, 2.05) is 32.0 Å². The summed E-state index contributed by atoms with van der Waals surface area (Å²) in [5.41, 5.74) is 1.30. The molecule has 1 rings (SSSR count). The summed E-state index contributed by atoms with van der Waals surface area (Å²) in [6.07, 6.45) is 3.61. The molecule has 0 saturated heterocycles. The van der Waals surface area contributed by atoms with Crippen LogP contribution in [0.2, 0.25) is 0 Å². The zero-order valence-electron chi connectivity index (χ0n) is 10.8. The van der Waals surface area contributed by atoms with Crippen LogP contribution >= 0.6 is 0 Å². The quantitative estimate of drug-likeness (QED) is 0.532. The van der Waals surface area contributed by atoms with Gasteiger partial charge in [-0.3, -0.25) is 4.79 Å². The Morgan fingerprint density at radius 2 is 1.82 bits per heavy atom. The highest BCUT2D eigenvalue weighted by atomic mass is 16.5. The summed E-state index contributed by atoms with van der Waals surface area (Å²) in [7, 11) is 0.